The fourth-order valence-corrected chi connectivity index (χ4v) is 2.75. The van der Waals surface area contributed by atoms with E-state index in [0.29, 0.717) is 12.2 Å². The zero-order valence-electron chi connectivity index (χ0n) is 13.0. The summed E-state index contributed by atoms with van der Waals surface area (Å²) in [5.41, 5.74) is 0.651. The number of ether oxygens (including phenoxy) is 1. The van der Waals surface area contributed by atoms with Crippen molar-refractivity contribution in [2.24, 2.45) is 0 Å². The zero-order valence-corrected chi connectivity index (χ0v) is 13.0. The second-order valence-electron chi connectivity index (χ2n) is 5.47. The Hall–Kier alpha value is -2.34. The molecule has 0 aliphatic carbocycles. The van der Waals surface area contributed by atoms with Crippen LogP contribution in [0, 0.1) is 5.82 Å². The van der Waals surface area contributed by atoms with Crippen molar-refractivity contribution in [3.8, 4) is 0 Å². The van der Waals surface area contributed by atoms with Crippen LogP contribution in [-0.4, -0.2) is 44.2 Å². The molecule has 0 N–H and O–H groups in total. The van der Waals surface area contributed by atoms with E-state index in [4.69, 9.17) is 4.42 Å². The number of esters is 1. The minimum atomic E-state index is -0.472. The van der Waals surface area contributed by atoms with E-state index in [1.54, 1.807) is 24.3 Å². The van der Waals surface area contributed by atoms with Gasteiger partial charge in [-0.3, -0.25) is 4.90 Å². The Bertz CT molecular complexity index is 678. The Balaban J connectivity index is 1.56. The van der Waals surface area contributed by atoms with Crippen molar-refractivity contribution < 1.29 is 18.3 Å². The monoisotopic (exact) mass is 318 g/mol. The molecule has 0 amide bonds. The molecule has 1 fully saturated rings. The number of nitrogens with zero attached hydrogens (tertiary/aromatic N) is 2. The number of methoxy groups -OCH3 is 1. The van der Waals surface area contributed by atoms with E-state index in [1.807, 2.05) is 11.0 Å². The number of anilines is 1. The van der Waals surface area contributed by atoms with Gasteiger partial charge in [-0.25, -0.2) is 9.18 Å². The number of rotatable bonds is 4. The second kappa shape index (κ2) is 6.83. The van der Waals surface area contributed by atoms with E-state index < -0.39 is 5.97 Å². The van der Waals surface area contributed by atoms with Gasteiger partial charge in [-0.15, -0.1) is 0 Å². The number of carbonyl (C=O) groups is 1. The molecule has 1 aromatic carbocycles. The lowest BCUT2D eigenvalue weighted by molar-refractivity contribution is 0.0561. The number of hydrogen-bond acceptors (Lipinski definition) is 5. The summed E-state index contributed by atoms with van der Waals surface area (Å²) in [6, 6.07) is 10.2. The number of halogens is 1. The van der Waals surface area contributed by atoms with Crippen LogP contribution >= 0.6 is 0 Å². The molecule has 1 aliphatic rings. The maximum atomic E-state index is 13.8. The molecular weight excluding hydrogens is 299 g/mol. The van der Waals surface area contributed by atoms with Gasteiger partial charge in [0.2, 0.25) is 5.76 Å². The molecule has 0 bridgehead atoms. The van der Waals surface area contributed by atoms with Gasteiger partial charge in [0.1, 0.15) is 11.6 Å². The SMILES string of the molecule is COC(=O)c1ccc(CN2CCN(c3ccccc3F)CC2)o1. The average Bonchev–Trinajstić information content (AvgIpc) is 3.04. The molecule has 2 aromatic rings. The van der Waals surface area contributed by atoms with Gasteiger partial charge in [0.15, 0.2) is 0 Å². The summed E-state index contributed by atoms with van der Waals surface area (Å²) in [7, 11) is 1.33. The summed E-state index contributed by atoms with van der Waals surface area (Å²) >= 11 is 0. The average molecular weight is 318 g/mol. The number of benzene rings is 1. The lowest BCUT2D eigenvalue weighted by atomic mass is 10.2. The van der Waals surface area contributed by atoms with Crippen molar-refractivity contribution in [1.82, 2.24) is 4.90 Å². The lowest BCUT2D eigenvalue weighted by Crippen LogP contribution is -2.46. The van der Waals surface area contributed by atoms with E-state index in [9.17, 15) is 9.18 Å². The minimum Gasteiger partial charge on any atom is -0.463 e. The normalized spacial score (nSPS) is 15.7. The summed E-state index contributed by atoms with van der Waals surface area (Å²) in [4.78, 5) is 15.6. The molecule has 23 heavy (non-hydrogen) atoms. The largest absolute Gasteiger partial charge is 0.463 e. The fourth-order valence-electron chi connectivity index (χ4n) is 2.75. The van der Waals surface area contributed by atoms with E-state index in [1.165, 1.54) is 13.2 Å². The first-order chi connectivity index (χ1) is 11.2. The van der Waals surface area contributed by atoms with E-state index in [0.717, 1.165) is 31.9 Å². The Morgan fingerprint density at radius 1 is 1.17 bits per heavy atom. The van der Waals surface area contributed by atoms with Gasteiger partial charge in [-0.2, -0.15) is 0 Å². The predicted molar refractivity (Wildman–Crippen MR) is 83.9 cm³/mol. The summed E-state index contributed by atoms with van der Waals surface area (Å²) < 4.78 is 23.9. The van der Waals surface area contributed by atoms with Gasteiger partial charge >= 0.3 is 5.97 Å². The maximum Gasteiger partial charge on any atom is 0.373 e. The van der Waals surface area contributed by atoms with E-state index >= 15 is 0 Å². The van der Waals surface area contributed by atoms with Crippen molar-refractivity contribution in [3.05, 3.63) is 53.7 Å². The minimum absolute atomic E-state index is 0.185. The number of hydrogen-bond donors (Lipinski definition) is 0. The molecule has 0 unspecified atom stereocenters. The lowest BCUT2D eigenvalue weighted by Gasteiger charge is -2.35. The van der Waals surface area contributed by atoms with Crippen LogP contribution in [0.25, 0.3) is 0 Å². The molecule has 6 heteroatoms. The number of piperazine rings is 1. The van der Waals surface area contributed by atoms with Crippen LogP contribution in [0.2, 0.25) is 0 Å². The smallest absolute Gasteiger partial charge is 0.373 e. The van der Waals surface area contributed by atoms with Crippen LogP contribution in [0.4, 0.5) is 10.1 Å². The third-order valence-corrected chi connectivity index (χ3v) is 3.99. The number of furan rings is 1. The summed E-state index contributed by atoms with van der Waals surface area (Å²) in [5, 5.41) is 0. The first-order valence-corrected chi connectivity index (χ1v) is 7.56. The Kier molecular flexibility index (Phi) is 4.62. The molecule has 5 nitrogen and oxygen atoms in total. The maximum absolute atomic E-state index is 13.8. The zero-order chi connectivity index (χ0) is 16.2. The molecule has 1 saturated heterocycles. The molecule has 1 aliphatic heterocycles. The number of para-hydroxylation sites is 1. The van der Waals surface area contributed by atoms with Gasteiger partial charge in [0.05, 0.1) is 19.3 Å². The quantitative estimate of drug-likeness (QED) is 0.811. The Morgan fingerprint density at radius 2 is 1.91 bits per heavy atom. The van der Waals surface area contributed by atoms with Gasteiger partial charge in [0.25, 0.3) is 0 Å². The highest BCUT2D eigenvalue weighted by Crippen LogP contribution is 2.21. The van der Waals surface area contributed by atoms with Gasteiger partial charge in [-0.1, -0.05) is 12.1 Å². The van der Waals surface area contributed by atoms with Crippen LogP contribution in [0.3, 0.4) is 0 Å². The van der Waals surface area contributed by atoms with Crippen LogP contribution in [0.1, 0.15) is 16.3 Å². The first kappa shape index (κ1) is 15.6. The van der Waals surface area contributed by atoms with Gasteiger partial charge in [0, 0.05) is 26.2 Å². The molecule has 2 heterocycles. The highest BCUT2D eigenvalue weighted by Gasteiger charge is 2.20. The van der Waals surface area contributed by atoms with Gasteiger partial charge < -0.3 is 14.1 Å². The molecule has 0 radical (unpaired) electrons. The highest BCUT2D eigenvalue weighted by molar-refractivity contribution is 5.86. The van der Waals surface area contributed by atoms with Gasteiger partial charge in [-0.05, 0) is 24.3 Å². The van der Waals surface area contributed by atoms with Crippen molar-refractivity contribution in [3.63, 3.8) is 0 Å². The summed E-state index contributed by atoms with van der Waals surface area (Å²) in [6.45, 7) is 3.75. The first-order valence-electron chi connectivity index (χ1n) is 7.56. The Labute approximate surface area is 134 Å². The standard InChI is InChI=1S/C17H19FN2O3/c1-22-17(21)16-7-6-13(23-16)12-19-8-10-20(11-9-19)15-5-3-2-4-14(15)18/h2-7H,8-12H2,1H3. The molecule has 0 saturated carbocycles. The molecular formula is C17H19FN2O3. The third-order valence-electron chi connectivity index (χ3n) is 3.99. The van der Waals surface area contributed by atoms with Crippen molar-refractivity contribution in [1.29, 1.82) is 0 Å². The summed E-state index contributed by atoms with van der Waals surface area (Å²) in [6.07, 6.45) is 0. The van der Waals surface area contributed by atoms with Crippen LogP contribution in [0.15, 0.2) is 40.8 Å². The van der Waals surface area contributed by atoms with Crippen LogP contribution in [0.5, 0.6) is 0 Å². The second-order valence-corrected chi connectivity index (χ2v) is 5.47. The van der Waals surface area contributed by atoms with Crippen molar-refractivity contribution >= 4 is 11.7 Å². The molecule has 0 spiro atoms. The molecule has 0 atom stereocenters. The molecule has 1 aromatic heterocycles. The van der Waals surface area contributed by atoms with Crippen LogP contribution < -0.4 is 4.90 Å². The fraction of sp³-hybridized carbons (Fsp3) is 0.353. The highest BCUT2D eigenvalue weighted by atomic mass is 19.1. The molecule has 3 rings (SSSR count). The predicted octanol–water partition coefficient (Wildman–Crippen LogP) is 2.53. The Morgan fingerprint density at radius 3 is 2.61 bits per heavy atom. The molecule has 122 valence electrons. The van der Waals surface area contributed by atoms with E-state index in [-0.39, 0.29) is 11.6 Å². The van der Waals surface area contributed by atoms with Crippen LogP contribution in [-0.2, 0) is 11.3 Å². The summed E-state index contributed by atoms with van der Waals surface area (Å²) in [5.74, 6) is 0.285. The third kappa shape index (κ3) is 3.53. The topological polar surface area (TPSA) is 45.9 Å². The van der Waals surface area contributed by atoms with E-state index in [2.05, 4.69) is 9.64 Å². The number of carbonyl (C=O) groups excluding carboxylic acids is 1. The van der Waals surface area contributed by atoms with Crippen molar-refractivity contribution in [2.75, 3.05) is 38.2 Å². The van der Waals surface area contributed by atoms with Crippen molar-refractivity contribution in [2.45, 2.75) is 6.54 Å².